The monoisotopic (exact) mass is 1850 g/mol. The minimum Gasteiger partial charge on any atom is -0.456 e. The molecule has 0 saturated heterocycles. The Morgan fingerprint density at radius 2 is 0.436 bits per heavy atom. The predicted molar refractivity (Wildman–Crippen MR) is 604 cm³/mol. The van der Waals surface area contributed by atoms with Crippen LogP contribution in [0.25, 0.3) is 226 Å². The van der Waals surface area contributed by atoms with Crippen LogP contribution in [0.15, 0.2) is 485 Å². The number of para-hydroxylation sites is 5. The summed E-state index contributed by atoms with van der Waals surface area (Å²) in [4.78, 5) is 0. The topological polar surface area (TPSA) is 52.6 Å². The third-order valence-corrected chi connectivity index (χ3v) is 29.9. The van der Waals surface area contributed by atoms with E-state index in [1.54, 1.807) is 0 Å². The first-order chi connectivity index (χ1) is 68.7. The molecule has 7 heterocycles. The van der Waals surface area contributed by atoms with Crippen LogP contribution in [0, 0.1) is 48.5 Å². The van der Waals surface area contributed by atoms with Gasteiger partial charge in [-0.05, 0) is 212 Å². The molecule has 0 N–H and O–H groups in total. The Hall–Kier alpha value is -16.5. The molecule has 0 saturated carbocycles. The summed E-state index contributed by atoms with van der Waals surface area (Å²) in [6, 6.07) is 165. The van der Waals surface area contributed by atoms with Crippen molar-refractivity contribution in [2.24, 2.45) is 0 Å². The lowest BCUT2D eigenvalue weighted by Gasteiger charge is -2.05. The smallest absolute Gasteiger partial charge is 0.143 e. The van der Waals surface area contributed by atoms with Crippen molar-refractivity contribution in [3.63, 3.8) is 0 Å². The van der Waals surface area contributed by atoms with Gasteiger partial charge in [0.1, 0.15) is 44.7 Å². The molecule has 7 aromatic heterocycles. The molecule has 0 amide bonds. The van der Waals surface area contributed by atoms with Gasteiger partial charge in [-0.15, -0.1) is 34.0 Å². The van der Waals surface area contributed by atoms with Crippen molar-refractivity contribution >= 4 is 182 Å². The van der Waals surface area contributed by atoms with E-state index in [1.165, 1.54) is 215 Å². The standard InChI is InChI=1S/4C19H14O.3C19H14S/c1-13-9-11-14(12-10-13)15-6-4-7-17-16-5-2-3-8-18(16)20-19(15)17;1-13-9-11-14(12-10-13)15-6-4-8-18-19(15)16-5-2-3-7-17(16)20-18;1-13-6-8-14(9-7-13)15-10-11-19-17(12-15)16-4-2-3-5-18(16)20-19;1-13-6-8-14(9-7-13)15-10-11-17-16-4-2-3-5-18(16)20-19(17)12-15;1-13-9-11-14(12-10-13)15-6-4-7-17-16-5-2-3-8-18(16)20-19(15)17;1-13-9-11-14(12-10-13)15-6-4-8-18-19(15)16-5-2-3-7-17(16)20-18;1-13-6-8-14(9-7-13)15-10-11-19-17(12-15)16-4-2-3-5-18(16)20-19/h7*2-12H,1H3. The number of hydrogen-bond acceptors (Lipinski definition) is 7. The number of fused-ring (bicyclic) bond motifs is 21. The second-order valence-corrected chi connectivity index (χ2v) is 39.3. The van der Waals surface area contributed by atoms with Crippen molar-refractivity contribution in [3.8, 4) is 77.9 Å². The lowest BCUT2D eigenvalue weighted by molar-refractivity contribution is 0.668. The lowest BCUT2D eigenvalue weighted by atomic mass is 9.99. The summed E-state index contributed by atoms with van der Waals surface area (Å²) in [5.74, 6) is 0. The number of hydrogen-bond donors (Lipinski definition) is 0. The molecule has 4 nitrogen and oxygen atoms in total. The first-order valence-electron chi connectivity index (χ1n) is 47.6. The predicted octanol–water partition coefficient (Wildman–Crippen LogP) is 40.3. The first kappa shape index (κ1) is 88.7. The molecule has 672 valence electrons. The van der Waals surface area contributed by atoms with Gasteiger partial charge in [-0.2, -0.15) is 0 Å². The molecular formula is C133H98O4S3. The van der Waals surface area contributed by atoms with Crippen molar-refractivity contribution in [3.05, 3.63) is 506 Å². The normalized spacial score (nSPS) is 11.2. The Morgan fingerprint density at radius 1 is 0.143 bits per heavy atom. The average molecular weight is 1860 g/mol. The molecule has 0 fully saturated rings. The number of aryl methyl sites for hydroxylation is 7. The Balaban J connectivity index is 0.0000000939. The molecule has 0 bridgehead atoms. The van der Waals surface area contributed by atoms with Crippen LogP contribution in [0.3, 0.4) is 0 Å². The molecule has 0 aliphatic carbocycles. The third kappa shape index (κ3) is 18.4. The molecule has 0 unspecified atom stereocenters. The van der Waals surface area contributed by atoms with Gasteiger partial charge < -0.3 is 17.7 Å². The van der Waals surface area contributed by atoms with Gasteiger partial charge in [0.05, 0.1) is 0 Å². The van der Waals surface area contributed by atoms with Gasteiger partial charge in [0.15, 0.2) is 0 Å². The van der Waals surface area contributed by atoms with Gasteiger partial charge in [-0.25, -0.2) is 0 Å². The molecular weight excluding hydrogens is 1760 g/mol. The molecule has 7 heteroatoms. The zero-order chi connectivity index (χ0) is 94.7. The van der Waals surface area contributed by atoms with E-state index in [1.807, 2.05) is 94.7 Å². The lowest BCUT2D eigenvalue weighted by Crippen LogP contribution is -1.80. The van der Waals surface area contributed by atoms with E-state index in [0.717, 1.165) is 50.2 Å². The summed E-state index contributed by atoms with van der Waals surface area (Å²) in [6.07, 6.45) is 0. The fourth-order valence-corrected chi connectivity index (χ4v) is 22.3. The van der Waals surface area contributed by atoms with Crippen LogP contribution in [-0.2, 0) is 0 Å². The minimum absolute atomic E-state index is 0.946. The molecule has 21 aromatic carbocycles. The zero-order valence-electron chi connectivity index (χ0n) is 78.8. The quantitative estimate of drug-likeness (QED) is 0.160. The first-order valence-corrected chi connectivity index (χ1v) is 50.0. The van der Waals surface area contributed by atoms with Crippen LogP contribution >= 0.6 is 34.0 Å². The Kier molecular flexibility index (Phi) is 24.9. The van der Waals surface area contributed by atoms with Crippen LogP contribution in [0.1, 0.15) is 38.9 Å². The van der Waals surface area contributed by atoms with E-state index >= 15 is 0 Å². The van der Waals surface area contributed by atoms with Crippen molar-refractivity contribution in [2.75, 3.05) is 0 Å². The molecule has 140 heavy (non-hydrogen) atoms. The SMILES string of the molecule is Cc1ccc(-c2ccc3c(c2)oc2ccccc23)cc1.Cc1ccc(-c2ccc3oc4ccccc4c3c2)cc1.Cc1ccc(-c2ccc3sc4ccccc4c3c2)cc1.Cc1ccc(-c2cccc3c2oc2ccccc23)cc1.Cc1ccc(-c2cccc3c2sc2ccccc23)cc1.Cc1ccc(-c2cccc3oc4ccccc4c23)cc1.Cc1ccc(-c2cccc3sc4ccccc4c23)cc1. The van der Waals surface area contributed by atoms with Gasteiger partial charge >= 0.3 is 0 Å². The highest BCUT2D eigenvalue weighted by molar-refractivity contribution is 7.27. The van der Waals surface area contributed by atoms with E-state index in [0.29, 0.717) is 0 Å². The van der Waals surface area contributed by atoms with E-state index in [4.69, 9.17) is 17.7 Å². The highest BCUT2D eigenvalue weighted by atomic mass is 32.1. The number of thiophene rings is 3. The molecule has 28 aromatic rings. The molecule has 0 aliphatic rings. The Labute approximate surface area is 825 Å². The van der Waals surface area contributed by atoms with E-state index in [2.05, 4.69) is 455 Å². The van der Waals surface area contributed by atoms with Gasteiger partial charge in [0, 0.05) is 109 Å². The molecule has 0 radical (unpaired) electrons. The van der Waals surface area contributed by atoms with Crippen molar-refractivity contribution in [1.82, 2.24) is 0 Å². The molecule has 28 rings (SSSR count). The Bertz CT molecular complexity index is 8830. The molecule has 0 aliphatic heterocycles. The van der Waals surface area contributed by atoms with Gasteiger partial charge in [0.2, 0.25) is 0 Å². The summed E-state index contributed by atoms with van der Waals surface area (Å²) in [6.45, 7) is 14.8. The highest BCUT2D eigenvalue weighted by Crippen LogP contribution is 2.45. The van der Waals surface area contributed by atoms with Gasteiger partial charge in [-0.3, -0.25) is 0 Å². The van der Waals surface area contributed by atoms with Crippen molar-refractivity contribution in [2.45, 2.75) is 48.5 Å². The maximum Gasteiger partial charge on any atom is 0.143 e. The van der Waals surface area contributed by atoms with Crippen molar-refractivity contribution < 1.29 is 17.7 Å². The van der Waals surface area contributed by atoms with Crippen molar-refractivity contribution in [1.29, 1.82) is 0 Å². The number of benzene rings is 21. The molecule has 0 atom stereocenters. The minimum atomic E-state index is 0.946. The van der Waals surface area contributed by atoms with Crippen LogP contribution in [0.5, 0.6) is 0 Å². The second-order valence-electron chi connectivity index (χ2n) is 36.1. The average Bonchev–Trinajstić information content (AvgIpc) is 1.57. The summed E-state index contributed by atoms with van der Waals surface area (Å²) < 4.78 is 32.0. The summed E-state index contributed by atoms with van der Waals surface area (Å²) in [5.41, 5.74) is 34.1. The summed E-state index contributed by atoms with van der Waals surface area (Å²) in [7, 11) is 0. The van der Waals surface area contributed by atoms with E-state index in [9.17, 15) is 0 Å². The number of rotatable bonds is 7. The van der Waals surface area contributed by atoms with Gasteiger partial charge in [-0.1, -0.05) is 415 Å². The summed E-state index contributed by atoms with van der Waals surface area (Å²) in [5, 5.41) is 17.7. The fraction of sp³-hybridized carbons (Fsp3) is 0.0526. The third-order valence-electron chi connectivity index (χ3n) is 26.4. The molecule has 0 spiro atoms. The second kappa shape index (κ2) is 39.3. The zero-order valence-corrected chi connectivity index (χ0v) is 81.3. The van der Waals surface area contributed by atoms with Crippen LogP contribution in [0.4, 0.5) is 0 Å². The van der Waals surface area contributed by atoms with E-state index < -0.39 is 0 Å². The maximum atomic E-state index is 6.07. The highest BCUT2D eigenvalue weighted by Gasteiger charge is 2.19. The maximum absolute atomic E-state index is 6.07. The van der Waals surface area contributed by atoms with E-state index in [-0.39, 0.29) is 0 Å². The van der Waals surface area contributed by atoms with Crippen LogP contribution in [-0.4, -0.2) is 0 Å². The Morgan fingerprint density at radius 3 is 0.979 bits per heavy atom. The van der Waals surface area contributed by atoms with Gasteiger partial charge in [0.25, 0.3) is 0 Å². The number of furan rings is 4. The van der Waals surface area contributed by atoms with Crippen LogP contribution in [0.2, 0.25) is 0 Å². The largest absolute Gasteiger partial charge is 0.456 e. The fourth-order valence-electron chi connectivity index (χ4n) is 18.9. The summed E-state index contributed by atoms with van der Waals surface area (Å²) >= 11 is 5.63. The van der Waals surface area contributed by atoms with Crippen LogP contribution < -0.4 is 0 Å².